The van der Waals surface area contributed by atoms with E-state index in [9.17, 15) is 9.90 Å². The van der Waals surface area contributed by atoms with Crippen LogP contribution in [-0.4, -0.2) is 26.6 Å². The van der Waals surface area contributed by atoms with Gasteiger partial charge < -0.3 is 9.52 Å². The minimum absolute atomic E-state index is 0.0859. The topological polar surface area (TPSA) is 66.0 Å². The molecule has 0 unspecified atom stereocenters. The number of benzene rings is 1. The summed E-state index contributed by atoms with van der Waals surface area (Å²) in [6.45, 7) is 0. The second kappa shape index (κ2) is 6.17. The van der Waals surface area contributed by atoms with E-state index in [2.05, 4.69) is 5.10 Å². The molecular formula is C15H10N2O3S2. The van der Waals surface area contributed by atoms with Gasteiger partial charge >= 0.3 is 0 Å². The lowest BCUT2D eigenvalue weighted by Crippen LogP contribution is -2.22. The third-order valence-corrected chi connectivity index (χ3v) is 4.12. The number of phenolic OH excluding ortho intramolecular Hbond substituents is 1. The minimum atomic E-state index is -0.321. The quantitative estimate of drug-likeness (QED) is 0.532. The number of carbonyl (C=O) groups excluding carboxylic acids is 1. The second-order valence-electron chi connectivity index (χ2n) is 4.31. The number of hydrogen-bond acceptors (Lipinski definition) is 6. The first-order valence-electron chi connectivity index (χ1n) is 6.28. The molecule has 1 aromatic carbocycles. The summed E-state index contributed by atoms with van der Waals surface area (Å²) in [6, 6.07) is 10.2. The Labute approximate surface area is 135 Å². The highest BCUT2D eigenvalue weighted by atomic mass is 32.2. The molecule has 1 N–H and O–H groups in total. The first kappa shape index (κ1) is 14.6. The van der Waals surface area contributed by atoms with Gasteiger partial charge in [0.1, 0.15) is 11.5 Å². The van der Waals surface area contributed by atoms with Crippen LogP contribution < -0.4 is 0 Å². The van der Waals surface area contributed by atoms with Crippen molar-refractivity contribution in [3.63, 3.8) is 0 Å². The van der Waals surface area contributed by atoms with Crippen molar-refractivity contribution in [1.82, 2.24) is 5.01 Å². The Hall–Kier alpha value is -2.38. The predicted molar refractivity (Wildman–Crippen MR) is 89.4 cm³/mol. The zero-order chi connectivity index (χ0) is 15.5. The molecule has 5 nitrogen and oxygen atoms in total. The molecule has 7 heteroatoms. The van der Waals surface area contributed by atoms with Crippen molar-refractivity contribution in [2.75, 3.05) is 0 Å². The zero-order valence-corrected chi connectivity index (χ0v) is 12.8. The smallest absolute Gasteiger partial charge is 0.286 e. The van der Waals surface area contributed by atoms with Crippen LogP contribution in [0.25, 0.3) is 6.08 Å². The molecule has 110 valence electrons. The number of furan rings is 1. The fourth-order valence-electron chi connectivity index (χ4n) is 1.78. The van der Waals surface area contributed by atoms with Crippen LogP contribution in [0.4, 0.5) is 0 Å². The van der Waals surface area contributed by atoms with Crippen LogP contribution in [0.3, 0.4) is 0 Å². The van der Waals surface area contributed by atoms with Crippen molar-refractivity contribution in [2.45, 2.75) is 0 Å². The fraction of sp³-hybridized carbons (Fsp3) is 0. The zero-order valence-electron chi connectivity index (χ0n) is 11.2. The standard InChI is InChI=1S/C15H10N2O3S2/c18-12-6-2-1-4-10(12)9-16-17-14(19)13(22-15(17)21)8-11-5-3-7-20-11/h1-9,18H/b13-8?,16-9+. The van der Waals surface area contributed by atoms with Gasteiger partial charge in [-0.25, -0.2) is 0 Å². The van der Waals surface area contributed by atoms with E-state index >= 15 is 0 Å². The van der Waals surface area contributed by atoms with Crippen molar-refractivity contribution < 1.29 is 14.3 Å². The Kier molecular flexibility index (Phi) is 4.08. The van der Waals surface area contributed by atoms with Crippen molar-refractivity contribution in [3.05, 3.63) is 58.9 Å². The number of para-hydroxylation sites is 1. The van der Waals surface area contributed by atoms with Gasteiger partial charge in [-0.05, 0) is 36.5 Å². The summed E-state index contributed by atoms with van der Waals surface area (Å²) in [7, 11) is 0. The maximum atomic E-state index is 12.3. The number of thioether (sulfide) groups is 1. The highest BCUT2D eigenvalue weighted by molar-refractivity contribution is 8.26. The molecule has 1 aromatic heterocycles. The van der Waals surface area contributed by atoms with Gasteiger partial charge in [-0.15, -0.1) is 0 Å². The van der Waals surface area contributed by atoms with Crippen LogP contribution in [0.15, 0.2) is 57.1 Å². The van der Waals surface area contributed by atoms with Crippen LogP contribution in [0, 0.1) is 0 Å². The van der Waals surface area contributed by atoms with Gasteiger partial charge in [0.2, 0.25) is 0 Å². The average Bonchev–Trinajstić information content (AvgIpc) is 3.09. The number of amides is 1. The molecule has 1 amide bonds. The fourth-order valence-corrected chi connectivity index (χ4v) is 2.93. The molecule has 0 atom stereocenters. The van der Waals surface area contributed by atoms with E-state index in [4.69, 9.17) is 16.6 Å². The number of thiocarbonyl (C=S) groups is 1. The van der Waals surface area contributed by atoms with Crippen LogP contribution >= 0.6 is 24.0 Å². The summed E-state index contributed by atoms with van der Waals surface area (Å²) in [5.41, 5.74) is 0.506. The maximum Gasteiger partial charge on any atom is 0.286 e. The van der Waals surface area contributed by atoms with E-state index in [1.54, 1.807) is 42.5 Å². The Balaban J connectivity index is 1.82. The van der Waals surface area contributed by atoms with Crippen LogP contribution in [0.2, 0.25) is 0 Å². The SMILES string of the molecule is O=C1C(=Cc2ccco2)SC(=S)N1/N=C/c1ccccc1O. The van der Waals surface area contributed by atoms with Crippen molar-refractivity contribution in [3.8, 4) is 5.75 Å². The van der Waals surface area contributed by atoms with E-state index in [0.29, 0.717) is 20.5 Å². The molecule has 2 heterocycles. The number of hydrogen-bond donors (Lipinski definition) is 1. The number of carbonyl (C=O) groups is 1. The molecule has 1 fully saturated rings. The molecule has 0 bridgehead atoms. The van der Waals surface area contributed by atoms with Gasteiger partial charge in [0.25, 0.3) is 5.91 Å². The normalized spacial score (nSPS) is 17.1. The van der Waals surface area contributed by atoms with Gasteiger partial charge in [-0.1, -0.05) is 23.9 Å². The molecule has 3 rings (SSSR count). The Morgan fingerprint density at radius 1 is 1.27 bits per heavy atom. The molecule has 0 radical (unpaired) electrons. The highest BCUT2D eigenvalue weighted by Crippen LogP contribution is 2.32. The second-order valence-corrected chi connectivity index (χ2v) is 5.99. The van der Waals surface area contributed by atoms with Gasteiger partial charge in [-0.3, -0.25) is 4.79 Å². The lowest BCUT2D eigenvalue weighted by Gasteiger charge is -2.06. The monoisotopic (exact) mass is 330 g/mol. The Morgan fingerprint density at radius 3 is 2.82 bits per heavy atom. The molecular weight excluding hydrogens is 320 g/mol. The molecule has 0 saturated carbocycles. The first-order chi connectivity index (χ1) is 10.6. The van der Waals surface area contributed by atoms with Crippen molar-refractivity contribution in [1.29, 1.82) is 0 Å². The van der Waals surface area contributed by atoms with Gasteiger partial charge in [0, 0.05) is 11.6 Å². The summed E-state index contributed by atoms with van der Waals surface area (Å²) < 4.78 is 5.51. The number of hydrazone groups is 1. The maximum absolute atomic E-state index is 12.3. The van der Waals surface area contributed by atoms with Crippen LogP contribution in [0.1, 0.15) is 11.3 Å². The number of rotatable bonds is 3. The van der Waals surface area contributed by atoms with Gasteiger partial charge in [0.15, 0.2) is 4.32 Å². The molecule has 1 saturated heterocycles. The lowest BCUT2D eigenvalue weighted by atomic mass is 10.2. The third kappa shape index (κ3) is 2.95. The number of phenols is 1. The molecule has 0 spiro atoms. The Morgan fingerprint density at radius 2 is 2.09 bits per heavy atom. The summed E-state index contributed by atoms with van der Waals surface area (Å²) >= 11 is 6.31. The van der Waals surface area contributed by atoms with Gasteiger partial charge in [0.05, 0.1) is 17.4 Å². The van der Waals surface area contributed by atoms with Crippen LogP contribution in [-0.2, 0) is 4.79 Å². The molecule has 2 aromatic rings. The highest BCUT2D eigenvalue weighted by Gasteiger charge is 2.32. The van der Waals surface area contributed by atoms with E-state index in [0.717, 1.165) is 16.8 Å². The van der Waals surface area contributed by atoms with E-state index in [1.807, 2.05) is 0 Å². The molecule has 1 aliphatic rings. The van der Waals surface area contributed by atoms with Crippen LogP contribution in [0.5, 0.6) is 5.75 Å². The summed E-state index contributed by atoms with van der Waals surface area (Å²) in [5, 5.41) is 14.9. The predicted octanol–water partition coefficient (Wildman–Crippen LogP) is 3.22. The number of nitrogens with zero attached hydrogens (tertiary/aromatic N) is 2. The molecule has 1 aliphatic heterocycles. The minimum Gasteiger partial charge on any atom is -0.507 e. The number of aromatic hydroxyl groups is 1. The first-order valence-corrected chi connectivity index (χ1v) is 7.51. The summed E-state index contributed by atoms with van der Waals surface area (Å²) in [5.74, 6) is 0.339. The summed E-state index contributed by atoms with van der Waals surface area (Å²) in [6.07, 6.45) is 4.55. The van der Waals surface area contributed by atoms with E-state index in [-0.39, 0.29) is 11.7 Å². The summed E-state index contributed by atoms with van der Waals surface area (Å²) in [4.78, 5) is 12.7. The molecule has 22 heavy (non-hydrogen) atoms. The average molecular weight is 330 g/mol. The third-order valence-electron chi connectivity index (χ3n) is 2.84. The van der Waals surface area contributed by atoms with Gasteiger partial charge in [-0.2, -0.15) is 10.1 Å². The molecule has 0 aliphatic carbocycles. The Bertz CT molecular complexity index is 782. The van der Waals surface area contributed by atoms with E-state index < -0.39 is 0 Å². The van der Waals surface area contributed by atoms with Crippen molar-refractivity contribution >= 4 is 46.5 Å². The van der Waals surface area contributed by atoms with E-state index in [1.165, 1.54) is 12.5 Å². The van der Waals surface area contributed by atoms with Crippen molar-refractivity contribution in [2.24, 2.45) is 5.10 Å². The lowest BCUT2D eigenvalue weighted by molar-refractivity contribution is -0.122. The largest absolute Gasteiger partial charge is 0.507 e.